The Kier molecular flexibility index (Phi) is 4.01. The van der Waals surface area contributed by atoms with Crippen LogP contribution in [0.2, 0.25) is 0 Å². The van der Waals surface area contributed by atoms with Crippen molar-refractivity contribution in [2.45, 2.75) is 18.4 Å². The number of nitrogens with zero attached hydrogens (tertiary/aromatic N) is 2. The lowest BCUT2D eigenvalue weighted by molar-refractivity contribution is -0.0573. The van der Waals surface area contributed by atoms with Crippen molar-refractivity contribution in [2.24, 2.45) is 0 Å². The maximum Gasteiger partial charge on any atom is 0.339 e. The fourth-order valence-electron chi connectivity index (χ4n) is 2.29. The van der Waals surface area contributed by atoms with Gasteiger partial charge in [0.25, 0.3) is 0 Å². The summed E-state index contributed by atoms with van der Waals surface area (Å²) in [6.45, 7) is 1.39. The zero-order valence-electron chi connectivity index (χ0n) is 10.9. The predicted molar refractivity (Wildman–Crippen MR) is 69.5 cm³/mol. The van der Waals surface area contributed by atoms with Gasteiger partial charge in [0, 0.05) is 45.8 Å². The van der Waals surface area contributed by atoms with Crippen molar-refractivity contribution >= 4 is 11.8 Å². The molecule has 1 aliphatic rings. The molecule has 1 aromatic rings. The van der Waals surface area contributed by atoms with Gasteiger partial charge in [0.1, 0.15) is 11.4 Å². The molecule has 1 saturated heterocycles. The molecular formula is C13H18N2O4. The second-order valence-corrected chi connectivity index (χ2v) is 4.87. The third-order valence-electron chi connectivity index (χ3n) is 3.33. The van der Waals surface area contributed by atoms with Gasteiger partial charge in [-0.2, -0.15) is 0 Å². The van der Waals surface area contributed by atoms with Gasteiger partial charge in [-0.1, -0.05) is 0 Å². The first-order valence-electron chi connectivity index (χ1n) is 6.21. The summed E-state index contributed by atoms with van der Waals surface area (Å²) in [7, 11) is 1.74. The average molecular weight is 266 g/mol. The number of aromatic carboxylic acids is 1. The summed E-state index contributed by atoms with van der Waals surface area (Å²) in [5.74, 6) is -0.649. The number of carbonyl (C=O) groups is 1. The lowest BCUT2D eigenvalue weighted by Gasteiger charge is -2.36. The van der Waals surface area contributed by atoms with Gasteiger partial charge in [-0.25, -0.2) is 9.78 Å². The number of rotatable bonds is 4. The van der Waals surface area contributed by atoms with Crippen LogP contribution >= 0.6 is 0 Å². The molecule has 6 heteroatoms. The quantitative estimate of drug-likeness (QED) is 0.837. The first-order valence-corrected chi connectivity index (χ1v) is 6.21. The van der Waals surface area contributed by atoms with Crippen molar-refractivity contribution < 1.29 is 19.7 Å². The molecule has 104 valence electrons. The van der Waals surface area contributed by atoms with Crippen LogP contribution in [-0.2, 0) is 4.74 Å². The van der Waals surface area contributed by atoms with Crippen LogP contribution in [0.15, 0.2) is 18.3 Å². The largest absolute Gasteiger partial charge is 0.478 e. The van der Waals surface area contributed by atoms with Gasteiger partial charge in [0.05, 0.1) is 5.60 Å². The first kappa shape index (κ1) is 13.8. The van der Waals surface area contributed by atoms with E-state index in [0.29, 0.717) is 38.4 Å². The number of likely N-dealkylation sites (N-methyl/N-ethyl adjacent to an activating group) is 1. The second-order valence-electron chi connectivity index (χ2n) is 4.87. The van der Waals surface area contributed by atoms with E-state index < -0.39 is 11.6 Å². The monoisotopic (exact) mass is 266 g/mol. The molecule has 0 bridgehead atoms. The molecule has 2 rings (SSSR count). The number of aliphatic hydroxyl groups is 1. The average Bonchev–Trinajstić information content (AvgIpc) is 2.39. The van der Waals surface area contributed by atoms with Gasteiger partial charge in [0.15, 0.2) is 0 Å². The highest BCUT2D eigenvalue weighted by Gasteiger charge is 2.32. The Balaban J connectivity index is 2.15. The van der Waals surface area contributed by atoms with Crippen LogP contribution in [0.5, 0.6) is 0 Å². The molecule has 1 aromatic heterocycles. The Bertz CT molecular complexity index is 458. The number of hydrogen-bond acceptors (Lipinski definition) is 5. The summed E-state index contributed by atoms with van der Waals surface area (Å²) in [4.78, 5) is 16.9. The number of carboxylic acids is 1. The molecule has 0 amide bonds. The molecule has 1 fully saturated rings. The maximum atomic E-state index is 11.1. The number of carboxylic acid groups (broad SMARTS) is 1. The number of hydrogen-bond donors (Lipinski definition) is 2. The standard InChI is InChI=1S/C13H18N2O4/c1-15(9-13(18)4-7-19-8-5-13)11-10(12(16)17)3-2-6-14-11/h2-3,6,18H,4-5,7-9H2,1H3,(H,16,17). The molecule has 2 heterocycles. The lowest BCUT2D eigenvalue weighted by Crippen LogP contribution is -2.46. The second kappa shape index (κ2) is 5.54. The Morgan fingerprint density at radius 3 is 2.84 bits per heavy atom. The van der Waals surface area contributed by atoms with Crippen molar-refractivity contribution in [2.75, 3.05) is 31.7 Å². The highest BCUT2D eigenvalue weighted by atomic mass is 16.5. The highest BCUT2D eigenvalue weighted by molar-refractivity contribution is 5.93. The van der Waals surface area contributed by atoms with Gasteiger partial charge in [-0.3, -0.25) is 0 Å². The summed E-state index contributed by atoms with van der Waals surface area (Å²) in [5, 5.41) is 19.6. The van der Waals surface area contributed by atoms with E-state index >= 15 is 0 Å². The minimum absolute atomic E-state index is 0.139. The minimum Gasteiger partial charge on any atom is -0.478 e. The number of aromatic nitrogens is 1. The van der Waals surface area contributed by atoms with E-state index in [-0.39, 0.29) is 5.56 Å². The van der Waals surface area contributed by atoms with Crippen molar-refractivity contribution in [3.05, 3.63) is 23.9 Å². The molecule has 2 N–H and O–H groups in total. The molecular weight excluding hydrogens is 248 g/mol. The lowest BCUT2D eigenvalue weighted by atomic mass is 9.94. The minimum atomic E-state index is -1.02. The molecule has 1 aliphatic heterocycles. The highest BCUT2D eigenvalue weighted by Crippen LogP contribution is 2.24. The SMILES string of the molecule is CN(CC1(O)CCOCC1)c1ncccc1C(=O)O. The van der Waals surface area contributed by atoms with Gasteiger partial charge in [0.2, 0.25) is 0 Å². The molecule has 0 atom stereocenters. The topological polar surface area (TPSA) is 82.9 Å². The number of ether oxygens (including phenoxy) is 1. The third kappa shape index (κ3) is 3.21. The third-order valence-corrected chi connectivity index (χ3v) is 3.33. The van der Waals surface area contributed by atoms with Crippen molar-refractivity contribution in [3.63, 3.8) is 0 Å². The van der Waals surface area contributed by atoms with Crippen LogP contribution in [0.25, 0.3) is 0 Å². The number of pyridine rings is 1. The van der Waals surface area contributed by atoms with E-state index in [9.17, 15) is 9.90 Å². The molecule has 0 aromatic carbocycles. The van der Waals surface area contributed by atoms with Crippen LogP contribution < -0.4 is 4.90 Å². The summed E-state index contributed by atoms with van der Waals surface area (Å²) >= 11 is 0. The van der Waals surface area contributed by atoms with Crippen LogP contribution in [0.1, 0.15) is 23.2 Å². The molecule has 0 unspecified atom stereocenters. The van der Waals surface area contributed by atoms with Gasteiger partial charge in [-0.15, -0.1) is 0 Å². The Hall–Kier alpha value is -1.66. The normalized spacial score (nSPS) is 18.0. The molecule has 6 nitrogen and oxygen atoms in total. The molecule has 0 aliphatic carbocycles. The number of anilines is 1. The van der Waals surface area contributed by atoms with Gasteiger partial charge in [-0.05, 0) is 12.1 Å². The summed E-state index contributed by atoms with van der Waals surface area (Å²) in [6, 6.07) is 3.10. The van der Waals surface area contributed by atoms with Crippen LogP contribution in [-0.4, -0.2) is 53.6 Å². The van der Waals surface area contributed by atoms with E-state index in [0.717, 1.165) is 0 Å². The maximum absolute atomic E-state index is 11.1. The van der Waals surface area contributed by atoms with Crippen molar-refractivity contribution in [1.82, 2.24) is 4.98 Å². The fourth-order valence-corrected chi connectivity index (χ4v) is 2.29. The summed E-state index contributed by atoms with van der Waals surface area (Å²) in [6.07, 6.45) is 2.64. The molecule has 0 radical (unpaired) electrons. The molecule has 0 saturated carbocycles. The van der Waals surface area contributed by atoms with Gasteiger partial charge >= 0.3 is 5.97 Å². The summed E-state index contributed by atoms with van der Waals surface area (Å²) < 4.78 is 5.23. The van der Waals surface area contributed by atoms with Crippen LogP contribution in [0.3, 0.4) is 0 Å². The Labute approximate surface area is 111 Å². The van der Waals surface area contributed by atoms with Crippen molar-refractivity contribution in [1.29, 1.82) is 0 Å². The van der Waals surface area contributed by atoms with E-state index in [2.05, 4.69) is 4.98 Å². The molecule has 19 heavy (non-hydrogen) atoms. The zero-order chi connectivity index (χ0) is 13.9. The van der Waals surface area contributed by atoms with Gasteiger partial charge < -0.3 is 19.8 Å². The van der Waals surface area contributed by atoms with Crippen LogP contribution in [0.4, 0.5) is 5.82 Å². The van der Waals surface area contributed by atoms with E-state index in [1.165, 1.54) is 6.07 Å². The predicted octanol–water partition coefficient (Wildman–Crippen LogP) is 0.757. The first-order chi connectivity index (χ1) is 9.02. The fraction of sp³-hybridized carbons (Fsp3) is 0.538. The molecule has 0 spiro atoms. The van der Waals surface area contributed by atoms with Crippen molar-refractivity contribution in [3.8, 4) is 0 Å². The Morgan fingerprint density at radius 1 is 1.53 bits per heavy atom. The Morgan fingerprint density at radius 2 is 2.21 bits per heavy atom. The smallest absolute Gasteiger partial charge is 0.339 e. The van der Waals surface area contributed by atoms with E-state index in [4.69, 9.17) is 9.84 Å². The summed E-state index contributed by atoms with van der Waals surface area (Å²) in [5.41, 5.74) is -0.707. The van der Waals surface area contributed by atoms with E-state index in [1.54, 1.807) is 24.2 Å². The zero-order valence-corrected chi connectivity index (χ0v) is 10.9. The van der Waals surface area contributed by atoms with Crippen LogP contribution in [0, 0.1) is 0 Å². The van der Waals surface area contributed by atoms with E-state index in [1.807, 2.05) is 0 Å².